The molecule has 0 aromatic heterocycles. The summed E-state index contributed by atoms with van der Waals surface area (Å²) in [4.78, 5) is 13.6. The Hall–Kier alpha value is -1.62. The zero-order valence-corrected chi connectivity index (χ0v) is 11.0. The summed E-state index contributed by atoms with van der Waals surface area (Å²) in [5.41, 5.74) is 8.82. The van der Waals surface area contributed by atoms with Crippen molar-refractivity contribution in [3.8, 4) is 0 Å². The predicted octanol–water partition coefficient (Wildman–Crippen LogP) is 1.74. The Morgan fingerprint density at radius 3 is 2.78 bits per heavy atom. The largest absolute Gasteiger partial charge is 0.376 e. The second-order valence-corrected chi connectivity index (χ2v) is 5.55. The molecule has 0 saturated heterocycles. The number of hydrogen-bond acceptors (Lipinski definition) is 2. The Kier molecular flexibility index (Phi) is 2.35. The summed E-state index contributed by atoms with van der Waals surface area (Å²) in [7, 11) is 0. The van der Waals surface area contributed by atoms with E-state index in [1.165, 1.54) is 18.4 Å². The SMILES string of the molecule is CC(=O)N1CC2(CC2)c2ccc(NC(N)=S)cc21. The molecule has 1 aliphatic heterocycles. The van der Waals surface area contributed by atoms with Crippen molar-refractivity contribution in [3.63, 3.8) is 0 Å². The Morgan fingerprint density at radius 1 is 1.50 bits per heavy atom. The summed E-state index contributed by atoms with van der Waals surface area (Å²) in [6.07, 6.45) is 2.34. The fourth-order valence-corrected chi connectivity index (χ4v) is 2.87. The van der Waals surface area contributed by atoms with Crippen molar-refractivity contribution < 1.29 is 4.79 Å². The summed E-state index contributed by atoms with van der Waals surface area (Å²) < 4.78 is 0. The van der Waals surface area contributed by atoms with Crippen LogP contribution in [0.5, 0.6) is 0 Å². The highest BCUT2D eigenvalue weighted by molar-refractivity contribution is 7.80. The Bertz CT molecular complexity index is 551. The number of carbonyl (C=O) groups excluding carboxylic acids is 1. The first kappa shape index (κ1) is 11.5. The van der Waals surface area contributed by atoms with Crippen LogP contribution in [0.15, 0.2) is 18.2 Å². The highest BCUT2D eigenvalue weighted by Crippen LogP contribution is 2.56. The van der Waals surface area contributed by atoms with Crippen molar-refractivity contribution in [2.75, 3.05) is 16.8 Å². The lowest BCUT2D eigenvalue weighted by Crippen LogP contribution is -2.29. The third-order valence-electron chi connectivity index (χ3n) is 3.82. The maximum atomic E-state index is 11.7. The zero-order chi connectivity index (χ0) is 12.9. The Morgan fingerprint density at radius 2 is 2.22 bits per heavy atom. The van der Waals surface area contributed by atoms with Gasteiger partial charge in [-0.3, -0.25) is 4.79 Å². The maximum absolute atomic E-state index is 11.7. The second-order valence-electron chi connectivity index (χ2n) is 5.11. The van der Waals surface area contributed by atoms with E-state index in [1.807, 2.05) is 17.0 Å². The third kappa shape index (κ3) is 1.66. The molecule has 0 atom stereocenters. The predicted molar refractivity (Wildman–Crippen MR) is 75.8 cm³/mol. The van der Waals surface area contributed by atoms with E-state index in [0.29, 0.717) is 0 Å². The molecule has 3 rings (SSSR count). The molecule has 94 valence electrons. The fraction of sp³-hybridized carbons (Fsp3) is 0.385. The first-order valence-electron chi connectivity index (χ1n) is 6.01. The first-order chi connectivity index (χ1) is 8.52. The van der Waals surface area contributed by atoms with Gasteiger partial charge in [-0.05, 0) is 42.8 Å². The van der Waals surface area contributed by atoms with Crippen LogP contribution >= 0.6 is 12.2 Å². The van der Waals surface area contributed by atoms with Crippen molar-refractivity contribution in [1.82, 2.24) is 0 Å². The number of amides is 1. The van der Waals surface area contributed by atoms with E-state index in [2.05, 4.69) is 11.4 Å². The van der Waals surface area contributed by atoms with Crippen molar-refractivity contribution in [2.45, 2.75) is 25.2 Å². The van der Waals surface area contributed by atoms with Crippen LogP contribution in [0, 0.1) is 0 Å². The molecule has 2 aliphatic rings. The van der Waals surface area contributed by atoms with Crippen LogP contribution < -0.4 is 16.0 Å². The fourth-order valence-electron chi connectivity index (χ4n) is 2.76. The number of anilines is 2. The summed E-state index contributed by atoms with van der Waals surface area (Å²) in [6.45, 7) is 2.42. The number of nitrogens with zero attached hydrogens (tertiary/aromatic N) is 1. The molecular formula is C13H15N3OS. The average Bonchev–Trinajstić information content (AvgIpc) is 2.97. The monoisotopic (exact) mass is 261 g/mol. The van der Waals surface area contributed by atoms with Gasteiger partial charge in [0.1, 0.15) is 0 Å². The third-order valence-corrected chi connectivity index (χ3v) is 3.92. The molecule has 1 aromatic rings. The van der Waals surface area contributed by atoms with E-state index in [1.54, 1.807) is 6.92 Å². The number of nitrogens with two attached hydrogens (primary N) is 1. The first-order valence-corrected chi connectivity index (χ1v) is 6.42. The summed E-state index contributed by atoms with van der Waals surface area (Å²) in [5, 5.41) is 3.15. The molecule has 1 fully saturated rings. The summed E-state index contributed by atoms with van der Waals surface area (Å²) >= 11 is 4.83. The lowest BCUT2D eigenvalue weighted by Gasteiger charge is -2.16. The van der Waals surface area contributed by atoms with Crippen molar-refractivity contribution in [3.05, 3.63) is 23.8 Å². The summed E-state index contributed by atoms with van der Waals surface area (Å²) in [6, 6.07) is 6.02. The van der Waals surface area contributed by atoms with Gasteiger partial charge in [0.2, 0.25) is 5.91 Å². The van der Waals surface area contributed by atoms with Gasteiger partial charge in [-0.15, -0.1) is 0 Å². The molecule has 1 aliphatic carbocycles. The van der Waals surface area contributed by atoms with Gasteiger partial charge in [0, 0.05) is 30.3 Å². The van der Waals surface area contributed by atoms with E-state index in [9.17, 15) is 4.79 Å². The molecule has 1 amide bonds. The number of nitrogens with one attached hydrogen (secondary N) is 1. The van der Waals surface area contributed by atoms with Gasteiger partial charge in [0.05, 0.1) is 0 Å². The summed E-state index contributed by atoms with van der Waals surface area (Å²) in [5.74, 6) is 0.0903. The highest BCUT2D eigenvalue weighted by atomic mass is 32.1. The number of fused-ring (bicyclic) bond motifs is 2. The van der Waals surface area contributed by atoms with Crippen molar-refractivity contribution in [1.29, 1.82) is 0 Å². The molecule has 4 nitrogen and oxygen atoms in total. The van der Waals surface area contributed by atoms with Crippen molar-refractivity contribution >= 4 is 34.6 Å². The molecule has 5 heteroatoms. The van der Waals surface area contributed by atoms with Crippen LogP contribution in [-0.2, 0) is 10.2 Å². The van der Waals surface area contributed by atoms with Gasteiger partial charge < -0.3 is 16.0 Å². The standard InChI is InChI=1S/C13H15N3OS/c1-8(17)16-7-13(4-5-13)10-3-2-9(6-11(10)16)15-12(14)18/h2-3,6H,4-5,7H2,1H3,(H3,14,15,18). The maximum Gasteiger partial charge on any atom is 0.223 e. The van der Waals surface area contributed by atoms with Gasteiger partial charge in [-0.1, -0.05) is 6.07 Å². The molecule has 3 N–H and O–H groups in total. The zero-order valence-electron chi connectivity index (χ0n) is 10.2. The number of carbonyl (C=O) groups is 1. The minimum atomic E-state index is 0.0903. The van der Waals surface area contributed by atoms with E-state index in [4.69, 9.17) is 18.0 Å². The van der Waals surface area contributed by atoms with E-state index < -0.39 is 0 Å². The molecule has 1 heterocycles. The quantitative estimate of drug-likeness (QED) is 0.756. The van der Waals surface area contributed by atoms with Crippen molar-refractivity contribution in [2.24, 2.45) is 5.73 Å². The van der Waals surface area contributed by atoms with Crippen LogP contribution in [-0.4, -0.2) is 17.6 Å². The molecule has 1 aromatic carbocycles. The lowest BCUT2D eigenvalue weighted by atomic mass is 9.98. The van der Waals surface area contributed by atoms with Gasteiger partial charge in [0.15, 0.2) is 5.11 Å². The minimum Gasteiger partial charge on any atom is -0.376 e. The van der Waals surface area contributed by atoms with Gasteiger partial charge >= 0.3 is 0 Å². The van der Waals surface area contributed by atoms with Crippen LogP contribution in [0.4, 0.5) is 11.4 Å². The molecular weight excluding hydrogens is 246 g/mol. The van der Waals surface area contributed by atoms with Crippen LogP contribution in [0.2, 0.25) is 0 Å². The van der Waals surface area contributed by atoms with Crippen LogP contribution in [0.3, 0.4) is 0 Å². The molecule has 1 spiro atoms. The Balaban J connectivity index is 2.03. The van der Waals surface area contributed by atoms with Gasteiger partial charge in [0.25, 0.3) is 0 Å². The second kappa shape index (κ2) is 3.68. The minimum absolute atomic E-state index is 0.0903. The molecule has 1 saturated carbocycles. The molecule has 18 heavy (non-hydrogen) atoms. The Labute approximate surface area is 111 Å². The van der Waals surface area contributed by atoms with Crippen LogP contribution in [0.25, 0.3) is 0 Å². The van der Waals surface area contributed by atoms with Gasteiger partial charge in [-0.25, -0.2) is 0 Å². The molecule has 0 radical (unpaired) electrons. The van der Waals surface area contributed by atoms with Gasteiger partial charge in [-0.2, -0.15) is 0 Å². The number of benzene rings is 1. The number of hydrogen-bond donors (Lipinski definition) is 2. The number of thiocarbonyl (C=S) groups is 1. The molecule has 0 unspecified atom stereocenters. The van der Waals surface area contributed by atoms with E-state index in [-0.39, 0.29) is 16.4 Å². The highest BCUT2D eigenvalue weighted by Gasteiger charge is 2.52. The number of rotatable bonds is 1. The van der Waals surface area contributed by atoms with E-state index in [0.717, 1.165) is 17.9 Å². The smallest absolute Gasteiger partial charge is 0.223 e. The lowest BCUT2D eigenvalue weighted by molar-refractivity contribution is -0.116. The topological polar surface area (TPSA) is 58.4 Å². The normalized spacial score (nSPS) is 18.6. The average molecular weight is 261 g/mol. The van der Waals surface area contributed by atoms with E-state index >= 15 is 0 Å². The molecule has 0 bridgehead atoms. The van der Waals surface area contributed by atoms with Crippen LogP contribution in [0.1, 0.15) is 25.3 Å².